The van der Waals surface area contributed by atoms with Gasteiger partial charge in [0.1, 0.15) is 0 Å². The van der Waals surface area contributed by atoms with Crippen molar-refractivity contribution in [3.05, 3.63) is 46.4 Å². The molecule has 0 aromatic carbocycles. The van der Waals surface area contributed by atoms with Crippen LogP contribution < -0.4 is 5.32 Å². The Hall–Kier alpha value is -2.08. The summed E-state index contributed by atoms with van der Waals surface area (Å²) in [6.45, 7) is 2.01. The molecule has 0 fully saturated rings. The molecule has 1 atom stereocenters. The zero-order valence-electron chi connectivity index (χ0n) is 13.2. The van der Waals surface area contributed by atoms with Gasteiger partial charge in [0.25, 0.3) is 0 Å². The second-order valence-corrected chi connectivity index (χ2v) is 6.96. The van der Waals surface area contributed by atoms with Crippen molar-refractivity contribution in [1.29, 1.82) is 0 Å². The van der Waals surface area contributed by atoms with Crippen molar-refractivity contribution in [2.24, 2.45) is 5.92 Å². The predicted octanol–water partition coefficient (Wildman–Crippen LogP) is 1.89. The van der Waals surface area contributed by atoms with E-state index in [1.807, 2.05) is 40.7 Å². The van der Waals surface area contributed by atoms with E-state index in [0.29, 0.717) is 25.9 Å². The van der Waals surface area contributed by atoms with Crippen molar-refractivity contribution < 1.29 is 9.59 Å². The van der Waals surface area contributed by atoms with Crippen molar-refractivity contribution in [2.75, 3.05) is 13.6 Å². The van der Waals surface area contributed by atoms with Crippen molar-refractivity contribution in [3.8, 4) is 0 Å². The van der Waals surface area contributed by atoms with E-state index in [4.69, 9.17) is 0 Å². The third kappa shape index (κ3) is 3.82. The van der Waals surface area contributed by atoms with E-state index in [-0.39, 0.29) is 17.7 Å². The summed E-state index contributed by atoms with van der Waals surface area (Å²) in [6.07, 6.45) is 2.90. The quantitative estimate of drug-likeness (QED) is 0.930. The van der Waals surface area contributed by atoms with Gasteiger partial charge in [-0.3, -0.25) is 9.59 Å². The number of nitrogens with zero attached hydrogens (tertiary/aromatic N) is 2. The van der Waals surface area contributed by atoms with E-state index in [1.54, 1.807) is 18.4 Å². The molecule has 0 radical (unpaired) electrons. The number of thiophene rings is 1. The molecule has 1 aliphatic heterocycles. The van der Waals surface area contributed by atoms with Crippen LogP contribution in [0.5, 0.6) is 0 Å². The van der Waals surface area contributed by atoms with Gasteiger partial charge in [-0.25, -0.2) is 0 Å². The summed E-state index contributed by atoms with van der Waals surface area (Å²) < 4.78 is 2.16. The van der Waals surface area contributed by atoms with E-state index in [2.05, 4.69) is 9.88 Å². The Balaban J connectivity index is 1.76. The molecule has 2 aromatic rings. The van der Waals surface area contributed by atoms with E-state index >= 15 is 0 Å². The van der Waals surface area contributed by atoms with Crippen LogP contribution in [-0.2, 0) is 29.1 Å². The number of carbonyl (C=O) groups excluding carboxylic acids is 2. The molecular weight excluding hydrogens is 310 g/mol. The number of hydrogen-bond donors (Lipinski definition) is 1. The maximum absolute atomic E-state index is 12.7. The Morgan fingerprint density at radius 3 is 2.91 bits per heavy atom. The summed E-state index contributed by atoms with van der Waals surface area (Å²) in [5, 5.41) is 4.67. The summed E-state index contributed by atoms with van der Waals surface area (Å²) in [6, 6.07) is 8.01. The first-order valence-corrected chi connectivity index (χ1v) is 8.68. The van der Waals surface area contributed by atoms with Crippen LogP contribution in [0.25, 0.3) is 0 Å². The van der Waals surface area contributed by atoms with E-state index in [1.165, 1.54) is 0 Å². The topological polar surface area (TPSA) is 54.3 Å². The van der Waals surface area contributed by atoms with Crippen LogP contribution in [0.3, 0.4) is 0 Å². The Bertz CT molecular complexity index is 678. The van der Waals surface area contributed by atoms with Crippen molar-refractivity contribution in [1.82, 2.24) is 14.8 Å². The summed E-state index contributed by atoms with van der Waals surface area (Å²) in [5.41, 5.74) is 1.13. The Kier molecular flexibility index (Phi) is 4.81. The summed E-state index contributed by atoms with van der Waals surface area (Å²) in [5.74, 6) is 0.288. The lowest BCUT2D eigenvalue weighted by molar-refractivity contribution is -0.132. The normalized spacial score (nSPS) is 17.4. The highest BCUT2D eigenvalue weighted by Gasteiger charge is 2.26. The molecule has 2 aromatic heterocycles. The Morgan fingerprint density at radius 1 is 1.30 bits per heavy atom. The highest BCUT2D eigenvalue weighted by molar-refractivity contribution is 7.10. The summed E-state index contributed by atoms with van der Waals surface area (Å²) >= 11 is 1.61. The van der Waals surface area contributed by atoms with E-state index < -0.39 is 0 Å². The molecule has 0 unspecified atom stereocenters. The van der Waals surface area contributed by atoms with Gasteiger partial charge in [-0.15, -0.1) is 11.3 Å². The van der Waals surface area contributed by atoms with Gasteiger partial charge in [-0.05, 0) is 23.6 Å². The number of amides is 2. The molecule has 0 saturated carbocycles. The first-order valence-electron chi connectivity index (χ1n) is 7.80. The predicted molar refractivity (Wildman–Crippen MR) is 90.0 cm³/mol. The monoisotopic (exact) mass is 331 g/mol. The minimum absolute atomic E-state index is 0.0243. The van der Waals surface area contributed by atoms with Gasteiger partial charge in [0.2, 0.25) is 11.8 Å². The average Bonchev–Trinajstić information content (AvgIpc) is 3.16. The van der Waals surface area contributed by atoms with Gasteiger partial charge in [-0.2, -0.15) is 0 Å². The number of carbonyl (C=O) groups is 2. The van der Waals surface area contributed by atoms with Crippen LogP contribution in [0.4, 0.5) is 0 Å². The van der Waals surface area contributed by atoms with Gasteiger partial charge in [0.05, 0.1) is 13.0 Å². The smallest absolute Gasteiger partial charge is 0.228 e. The summed E-state index contributed by atoms with van der Waals surface area (Å²) in [7, 11) is 1.65. The molecule has 6 heteroatoms. The minimum Gasteiger partial charge on any atom is -0.359 e. The van der Waals surface area contributed by atoms with Crippen molar-refractivity contribution in [2.45, 2.75) is 25.9 Å². The maximum atomic E-state index is 12.7. The zero-order valence-corrected chi connectivity index (χ0v) is 14.0. The molecule has 122 valence electrons. The molecule has 2 amide bonds. The Morgan fingerprint density at radius 2 is 2.17 bits per heavy atom. The average molecular weight is 331 g/mol. The SMILES string of the molecule is CNC(=O)C[C@H]1CN(C(=O)Cc2cccs2)Cc2cccn2C1. The van der Waals surface area contributed by atoms with Crippen LogP contribution in [0.1, 0.15) is 17.0 Å². The molecule has 0 saturated heterocycles. The fourth-order valence-electron chi connectivity index (χ4n) is 3.04. The molecule has 1 N–H and O–H groups in total. The highest BCUT2D eigenvalue weighted by atomic mass is 32.1. The highest BCUT2D eigenvalue weighted by Crippen LogP contribution is 2.21. The fourth-order valence-corrected chi connectivity index (χ4v) is 3.73. The molecule has 3 heterocycles. The fraction of sp³-hybridized carbons (Fsp3) is 0.412. The van der Waals surface area contributed by atoms with E-state index in [0.717, 1.165) is 17.1 Å². The number of rotatable bonds is 4. The minimum atomic E-state index is 0.0243. The van der Waals surface area contributed by atoms with Gasteiger partial charge < -0.3 is 14.8 Å². The van der Waals surface area contributed by atoms with E-state index in [9.17, 15) is 9.59 Å². The van der Waals surface area contributed by atoms with Crippen LogP contribution in [0.15, 0.2) is 35.8 Å². The first kappa shape index (κ1) is 15.8. The second-order valence-electron chi connectivity index (χ2n) is 5.93. The van der Waals surface area contributed by atoms with Gasteiger partial charge in [0, 0.05) is 49.2 Å². The van der Waals surface area contributed by atoms with Crippen molar-refractivity contribution in [3.63, 3.8) is 0 Å². The number of hydrogen-bond acceptors (Lipinski definition) is 3. The second kappa shape index (κ2) is 7.00. The summed E-state index contributed by atoms with van der Waals surface area (Å²) in [4.78, 5) is 27.4. The Labute approximate surface area is 139 Å². The van der Waals surface area contributed by atoms with Crippen molar-refractivity contribution >= 4 is 23.2 Å². The third-order valence-electron chi connectivity index (χ3n) is 4.22. The van der Waals surface area contributed by atoms with Gasteiger partial charge in [0.15, 0.2) is 0 Å². The van der Waals surface area contributed by atoms with Crippen LogP contribution in [0.2, 0.25) is 0 Å². The van der Waals surface area contributed by atoms with Gasteiger partial charge in [-0.1, -0.05) is 6.07 Å². The molecule has 5 nitrogen and oxygen atoms in total. The first-order chi connectivity index (χ1) is 11.2. The molecule has 1 aliphatic rings. The lowest BCUT2D eigenvalue weighted by Gasteiger charge is -2.24. The van der Waals surface area contributed by atoms with Crippen LogP contribution >= 0.6 is 11.3 Å². The largest absolute Gasteiger partial charge is 0.359 e. The van der Waals surface area contributed by atoms with Crippen LogP contribution in [0, 0.1) is 5.92 Å². The molecular formula is C17H21N3O2S. The molecule has 23 heavy (non-hydrogen) atoms. The molecule has 3 rings (SSSR count). The van der Waals surface area contributed by atoms with Crippen LogP contribution in [-0.4, -0.2) is 34.9 Å². The molecule has 0 spiro atoms. The number of nitrogens with one attached hydrogen (secondary N) is 1. The molecule has 0 aliphatic carbocycles. The maximum Gasteiger partial charge on any atom is 0.228 e. The molecule has 0 bridgehead atoms. The number of fused-ring (bicyclic) bond motifs is 1. The third-order valence-corrected chi connectivity index (χ3v) is 5.10. The lowest BCUT2D eigenvalue weighted by Crippen LogP contribution is -2.36. The standard InChI is InChI=1S/C17H21N3O2S/c1-18-16(21)8-13-10-19-6-2-4-14(19)12-20(11-13)17(22)9-15-5-3-7-23-15/h2-7,13H,8-12H2,1H3,(H,18,21)/t13-/m1/s1. The number of aromatic nitrogens is 1. The zero-order chi connectivity index (χ0) is 16.2. The van der Waals surface area contributed by atoms with Gasteiger partial charge >= 0.3 is 0 Å². The lowest BCUT2D eigenvalue weighted by atomic mass is 10.0.